The molecule has 0 aromatic heterocycles. The molecule has 3 saturated carbocycles. The number of sulfonamides is 1. The van der Waals surface area contributed by atoms with Crippen molar-refractivity contribution in [2.24, 2.45) is 39.6 Å². The molecule has 0 amide bonds. The van der Waals surface area contributed by atoms with Crippen molar-refractivity contribution in [3.63, 3.8) is 0 Å². The van der Waals surface area contributed by atoms with Crippen molar-refractivity contribution in [3.05, 3.63) is 40.4 Å². The summed E-state index contributed by atoms with van der Waals surface area (Å²) in [5, 5.41) is 5.39. The maximum absolute atomic E-state index is 13.2. The van der Waals surface area contributed by atoms with Crippen LogP contribution in [-0.2, 0) is 19.6 Å². The molecule has 2 N–H and O–H groups in total. The fourth-order valence-electron chi connectivity index (χ4n) is 8.08. The largest absolute Gasteiger partial charge is 0.458 e. The van der Waals surface area contributed by atoms with E-state index in [9.17, 15) is 18.0 Å². The Morgan fingerprint density at radius 3 is 2.60 bits per heavy atom. The molecular weight excluding hydrogens is 486 g/mol. The lowest BCUT2D eigenvalue weighted by molar-refractivity contribution is -0.119. The number of hydrogen-bond acceptors (Lipinski definition) is 5. The standard InChI is InChI=1S/C27H34ClNO5S/c1-15-12-16-13-17(30)8-10-26(16,2)21-9-11-27(3)20(24(15)21)5-7-23(27)34-25(31)19-14-18(35(29,32)33)4-6-22(19)28/h4,6,13-15,20-21,23-24H,5,7-12H2,1-3H3,(H2,29,32,33)/t15?,20?,21?,23-,24?,26-,27-/m0/s1. The van der Waals surface area contributed by atoms with Gasteiger partial charge in [-0.15, -0.1) is 0 Å². The number of fused-ring (bicyclic) bond motifs is 5. The number of halogens is 1. The summed E-state index contributed by atoms with van der Waals surface area (Å²) in [5.74, 6) is 1.65. The minimum atomic E-state index is -3.96. The molecule has 35 heavy (non-hydrogen) atoms. The van der Waals surface area contributed by atoms with Crippen molar-refractivity contribution in [2.45, 2.75) is 76.7 Å². The molecule has 0 bridgehead atoms. The van der Waals surface area contributed by atoms with Gasteiger partial charge in [-0.05, 0) is 91.9 Å². The van der Waals surface area contributed by atoms with Gasteiger partial charge in [-0.1, -0.05) is 37.9 Å². The maximum atomic E-state index is 13.2. The number of nitrogens with two attached hydrogens (primary N) is 1. The summed E-state index contributed by atoms with van der Waals surface area (Å²) in [7, 11) is -3.96. The topological polar surface area (TPSA) is 104 Å². The van der Waals surface area contributed by atoms with Gasteiger partial charge in [0.25, 0.3) is 0 Å². The molecule has 0 aliphatic heterocycles. The Kier molecular flexibility index (Phi) is 6.01. The van der Waals surface area contributed by atoms with Crippen molar-refractivity contribution in [1.82, 2.24) is 0 Å². The van der Waals surface area contributed by atoms with Crippen LogP contribution in [-0.4, -0.2) is 26.3 Å². The lowest BCUT2D eigenvalue weighted by atomic mass is 9.45. The monoisotopic (exact) mass is 519 g/mol. The molecule has 8 heteroatoms. The van der Waals surface area contributed by atoms with Crippen LogP contribution in [0, 0.1) is 34.5 Å². The average molecular weight is 520 g/mol. The van der Waals surface area contributed by atoms with E-state index in [2.05, 4.69) is 20.8 Å². The van der Waals surface area contributed by atoms with Gasteiger partial charge in [0.1, 0.15) is 6.10 Å². The molecule has 5 rings (SSSR count). The van der Waals surface area contributed by atoms with Crippen LogP contribution in [0.15, 0.2) is 34.7 Å². The zero-order valence-electron chi connectivity index (χ0n) is 20.6. The Hall–Kier alpha value is -1.70. The molecule has 4 aliphatic rings. The molecule has 0 heterocycles. The second kappa shape index (κ2) is 8.42. The van der Waals surface area contributed by atoms with Gasteiger partial charge in [-0.2, -0.15) is 0 Å². The van der Waals surface area contributed by atoms with Crippen LogP contribution in [0.1, 0.15) is 76.1 Å². The summed E-state index contributed by atoms with van der Waals surface area (Å²) in [6.45, 7) is 6.94. The molecule has 0 saturated heterocycles. The maximum Gasteiger partial charge on any atom is 0.339 e. The molecule has 4 unspecified atom stereocenters. The van der Waals surface area contributed by atoms with Crippen molar-refractivity contribution in [3.8, 4) is 0 Å². The van der Waals surface area contributed by atoms with Gasteiger partial charge < -0.3 is 4.74 Å². The predicted molar refractivity (Wildman–Crippen MR) is 133 cm³/mol. The van der Waals surface area contributed by atoms with Crippen molar-refractivity contribution in [2.75, 3.05) is 0 Å². The smallest absolute Gasteiger partial charge is 0.339 e. The molecule has 1 aromatic rings. The van der Waals surface area contributed by atoms with Gasteiger partial charge in [0.2, 0.25) is 10.0 Å². The fraction of sp³-hybridized carbons (Fsp3) is 0.630. The molecule has 190 valence electrons. The van der Waals surface area contributed by atoms with E-state index in [-0.39, 0.29) is 38.2 Å². The molecule has 0 spiro atoms. The van der Waals surface area contributed by atoms with Crippen molar-refractivity contribution in [1.29, 1.82) is 0 Å². The zero-order chi connectivity index (χ0) is 25.3. The molecule has 1 aromatic carbocycles. The lowest BCUT2D eigenvalue weighted by Gasteiger charge is -2.59. The van der Waals surface area contributed by atoms with E-state index in [1.54, 1.807) is 0 Å². The Morgan fingerprint density at radius 1 is 1.14 bits per heavy atom. The van der Waals surface area contributed by atoms with E-state index in [0.29, 0.717) is 30.1 Å². The first-order valence-electron chi connectivity index (χ1n) is 12.6. The number of carbonyl (C=O) groups is 2. The Bertz CT molecular complexity index is 1230. The predicted octanol–water partition coefficient (Wildman–Crippen LogP) is 5.29. The Labute approximate surface area is 212 Å². The molecule has 0 radical (unpaired) electrons. The van der Waals surface area contributed by atoms with Crippen LogP contribution < -0.4 is 5.14 Å². The van der Waals surface area contributed by atoms with E-state index in [1.165, 1.54) is 23.8 Å². The summed E-state index contributed by atoms with van der Waals surface area (Å²) in [4.78, 5) is 25.1. The quantitative estimate of drug-likeness (QED) is 0.546. The number of rotatable bonds is 3. The second-order valence-electron chi connectivity index (χ2n) is 11.7. The number of allylic oxidation sites excluding steroid dienone is 1. The highest BCUT2D eigenvalue weighted by Gasteiger charge is 2.61. The second-order valence-corrected chi connectivity index (χ2v) is 13.7. The minimum absolute atomic E-state index is 0.0270. The number of ketones is 1. The molecule has 4 aliphatic carbocycles. The number of esters is 1. The van der Waals surface area contributed by atoms with Crippen LogP contribution in [0.25, 0.3) is 0 Å². The molecule has 3 fully saturated rings. The fourth-order valence-corrected chi connectivity index (χ4v) is 8.82. The third-order valence-electron chi connectivity index (χ3n) is 9.96. The highest BCUT2D eigenvalue weighted by Crippen LogP contribution is 2.66. The zero-order valence-corrected chi connectivity index (χ0v) is 22.1. The summed E-state index contributed by atoms with van der Waals surface area (Å²) < 4.78 is 29.6. The van der Waals surface area contributed by atoms with E-state index < -0.39 is 16.0 Å². The van der Waals surface area contributed by atoms with Crippen LogP contribution in [0.4, 0.5) is 0 Å². The first-order chi connectivity index (χ1) is 16.3. The van der Waals surface area contributed by atoms with Crippen LogP contribution in [0.3, 0.4) is 0 Å². The van der Waals surface area contributed by atoms with Gasteiger partial charge in [0.05, 0.1) is 15.5 Å². The average Bonchev–Trinajstić information content (AvgIpc) is 3.10. The Morgan fingerprint density at radius 2 is 1.89 bits per heavy atom. The van der Waals surface area contributed by atoms with Crippen molar-refractivity contribution < 1.29 is 22.7 Å². The molecular formula is C27H34ClNO5S. The molecule has 7 atom stereocenters. The lowest BCUT2D eigenvalue weighted by Crippen LogP contribution is -2.54. The number of hydrogen-bond donors (Lipinski definition) is 1. The van der Waals surface area contributed by atoms with E-state index in [4.69, 9.17) is 21.5 Å². The summed E-state index contributed by atoms with van der Waals surface area (Å²) in [6.07, 6.45) is 8.03. The minimum Gasteiger partial charge on any atom is -0.458 e. The summed E-state index contributed by atoms with van der Waals surface area (Å²) in [6, 6.07) is 3.86. The molecule has 6 nitrogen and oxygen atoms in total. The normalized spacial score (nSPS) is 38.7. The third kappa shape index (κ3) is 3.98. The van der Waals surface area contributed by atoms with Gasteiger partial charge in [0, 0.05) is 11.8 Å². The van der Waals surface area contributed by atoms with E-state index >= 15 is 0 Å². The number of carbonyl (C=O) groups excluding carboxylic acids is 2. The van der Waals surface area contributed by atoms with Crippen molar-refractivity contribution >= 4 is 33.4 Å². The first-order valence-corrected chi connectivity index (χ1v) is 14.5. The highest BCUT2D eigenvalue weighted by molar-refractivity contribution is 7.89. The summed E-state index contributed by atoms with van der Waals surface area (Å²) in [5.41, 5.74) is 1.32. The van der Waals surface area contributed by atoms with E-state index in [0.717, 1.165) is 38.5 Å². The van der Waals surface area contributed by atoms with Gasteiger partial charge in [-0.3, -0.25) is 4.79 Å². The van der Waals surface area contributed by atoms with Crippen LogP contribution in [0.5, 0.6) is 0 Å². The first kappa shape index (κ1) is 25.0. The Balaban J connectivity index is 1.40. The number of ether oxygens (including phenoxy) is 1. The van der Waals surface area contributed by atoms with E-state index in [1.807, 2.05) is 6.08 Å². The van der Waals surface area contributed by atoms with Crippen LogP contribution in [0.2, 0.25) is 5.02 Å². The summed E-state index contributed by atoms with van der Waals surface area (Å²) >= 11 is 6.23. The van der Waals surface area contributed by atoms with Gasteiger partial charge >= 0.3 is 5.97 Å². The number of primary sulfonamides is 1. The highest BCUT2D eigenvalue weighted by atomic mass is 35.5. The van der Waals surface area contributed by atoms with Crippen LogP contribution >= 0.6 is 11.6 Å². The SMILES string of the molecule is CC1CC2=CC(=O)CC[C@]2(C)C2CC[C@@]3(C)C(CC[C@@H]3OC(=O)c3cc(S(N)(=O)=O)ccc3Cl)C12. The van der Waals surface area contributed by atoms with Gasteiger partial charge in [-0.25, -0.2) is 18.4 Å². The number of benzene rings is 1. The van der Waals surface area contributed by atoms with Gasteiger partial charge in [0.15, 0.2) is 5.78 Å². The third-order valence-corrected chi connectivity index (χ3v) is 11.2.